The van der Waals surface area contributed by atoms with E-state index in [9.17, 15) is 20.4 Å². The molecule has 0 spiro atoms. The first-order valence-corrected chi connectivity index (χ1v) is 12.0. The molecule has 0 aliphatic rings. The zero-order valence-corrected chi connectivity index (χ0v) is 21.9. The van der Waals surface area contributed by atoms with Crippen LogP contribution in [-0.2, 0) is 6.42 Å². The van der Waals surface area contributed by atoms with E-state index in [2.05, 4.69) is 63.7 Å². The molecular formula is C21H14Br4N2O4. The molecule has 4 aromatic rings. The van der Waals surface area contributed by atoms with Gasteiger partial charge in [-0.1, -0.05) is 24.3 Å². The highest BCUT2D eigenvalue weighted by Gasteiger charge is 2.21. The normalized spacial score (nSPS) is 11.2. The van der Waals surface area contributed by atoms with Crippen molar-refractivity contribution < 1.29 is 20.4 Å². The topological polar surface area (TPSA) is 90.8 Å². The Kier molecular flexibility index (Phi) is 6.17. The molecule has 6 nitrogen and oxygen atoms in total. The SMILES string of the molecule is Oc1c(Br)c(Br)c(O)n1-c1ccc(Cc2ccc(-n3c(O)c(Br)c(Br)c3O)cc2)cc1. The Bertz CT molecular complexity index is 1130. The molecular weight excluding hydrogens is 664 g/mol. The fourth-order valence-electron chi connectivity index (χ4n) is 3.24. The van der Waals surface area contributed by atoms with Crippen molar-refractivity contribution in [2.24, 2.45) is 0 Å². The molecule has 0 fully saturated rings. The van der Waals surface area contributed by atoms with Crippen LogP contribution >= 0.6 is 63.7 Å². The standard InChI is InChI=1S/C21H14Br4N2O4/c22-14-15(23)19(29)26(18(14)28)12-5-1-10(2-6-12)9-11-3-7-13(8-4-11)27-20(30)16(24)17(25)21(27)31/h1-8,28-31H,9H2. The first-order chi connectivity index (χ1) is 14.7. The molecule has 0 saturated heterocycles. The van der Waals surface area contributed by atoms with Crippen LogP contribution in [0.25, 0.3) is 11.4 Å². The predicted molar refractivity (Wildman–Crippen MR) is 132 cm³/mol. The molecule has 4 rings (SSSR count). The van der Waals surface area contributed by atoms with Crippen LogP contribution in [0, 0.1) is 0 Å². The van der Waals surface area contributed by atoms with Crippen LogP contribution in [0.2, 0.25) is 0 Å². The van der Waals surface area contributed by atoms with Gasteiger partial charge in [-0.25, -0.2) is 9.13 Å². The average Bonchev–Trinajstić information content (AvgIpc) is 3.08. The Hall–Kier alpha value is -1.88. The number of aromatic nitrogens is 2. The van der Waals surface area contributed by atoms with Crippen molar-refractivity contribution in [3.63, 3.8) is 0 Å². The maximum atomic E-state index is 10.2. The number of aromatic hydroxyl groups is 4. The van der Waals surface area contributed by atoms with Crippen molar-refractivity contribution in [2.75, 3.05) is 0 Å². The summed E-state index contributed by atoms with van der Waals surface area (Å²) in [5.74, 6) is -0.380. The lowest BCUT2D eigenvalue weighted by molar-refractivity contribution is 0.399. The van der Waals surface area contributed by atoms with Gasteiger partial charge in [0.2, 0.25) is 23.5 Å². The van der Waals surface area contributed by atoms with Gasteiger partial charge in [0.25, 0.3) is 0 Å². The lowest BCUT2D eigenvalue weighted by atomic mass is 10.0. The van der Waals surface area contributed by atoms with Crippen LogP contribution in [0.3, 0.4) is 0 Å². The highest BCUT2D eigenvalue weighted by Crippen LogP contribution is 2.44. The van der Waals surface area contributed by atoms with E-state index >= 15 is 0 Å². The predicted octanol–water partition coefficient (Wildman–Crippen LogP) is 6.73. The third-order valence-electron chi connectivity index (χ3n) is 4.82. The maximum absolute atomic E-state index is 10.2. The zero-order chi connectivity index (χ0) is 22.4. The van der Waals surface area contributed by atoms with E-state index in [0.717, 1.165) is 11.1 Å². The second-order valence-electron chi connectivity index (χ2n) is 6.73. The minimum Gasteiger partial charge on any atom is -0.493 e. The van der Waals surface area contributed by atoms with E-state index in [1.165, 1.54) is 9.13 Å². The Morgan fingerprint density at radius 2 is 0.742 bits per heavy atom. The van der Waals surface area contributed by atoms with Crippen LogP contribution in [0.15, 0.2) is 66.4 Å². The van der Waals surface area contributed by atoms with Crippen molar-refractivity contribution in [3.8, 4) is 34.9 Å². The molecule has 160 valence electrons. The monoisotopic (exact) mass is 674 g/mol. The Morgan fingerprint density at radius 3 is 1.00 bits per heavy atom. The van der Waals surface area contributed by atoms with Gasteiger partial charge in [0.1, 0.15) is 0 Å². The summed E-state index contributed by atoms with van der Waals surface area (Å²) in [5, 5.41) is 40.9. The molecule has 0 radical (unpaired) electrons. The third kappa shape index (κ3) is 3.90. The first-order valence-electron chi connectivity index (χ1n) is 8.84. The fourth-order valence-corrected chi connectivity index (χ4v) is 4.66. The summed E-state index contributed by atoms with van der Waals surface area (Å²) in [4.78, 5) is 0. The van der Waals surface area contributed by atoms with Crippen LogP contribution in [0.4, 0.5) is 0 Å². The molecule has 2 aromatic heterocycles. The summed E-state index contributed by atoms with van der Waals surface area (Å²) >= 11 is 12.9. The van der Waals surface area contributed by atoms with Crippen molar-refractivity contribution in [2.45, 2.75) is 6.42 Å². The molecule has 31 heavy (non-hydrogen) atoms. The van der Waals surface area contributed by atoms with E-state index in [0.29, 0.717) is 35.7 Å². The molecule has 0 bridgehead atoms. The maximum Gasteiger partial charge on any atom is 0.214 e. The molecule has 0 atom stereocenters. The highest BCUT2D eigenvalue weighted by molar-refractivity contribution is 9.13. The van der Waals surface area contributed by atoms with Crippen molar-refractivity contribution >= 4 is 63.7 Å². The van der Waals surface area contributed by atoms with E-state index in [-0.39, 0.29) is 23.5 Å². The van der Waals surface area contributed by atoms with Gasteiger partial charge in [0.05, 0.1) is 29.3 Å². The summed E-state index contributed by atoms with van der Waals surface area (Å²) in [6.45, 7) is 0. The molecule has 2 aromatic carbocycles. The van der Waals surface area contributed by atoms with Crippen LogP contribution < -0.4 is 0 Å². The Labute approximate surface area is 210 Å². The minimum atomic E-state index is -0.0949. The summed E-state index contributed by atoms with van der Waals surface area (Å²) in [6, 6.07) is 14.9. The number of rotatable bonds is 4. The van der Waals surface area contributed by atoms with Crippen LogP contribution in [0.1, 0.15) is 11.1 Å². The second-order valence-corrected chi connectivity index (χ2v) is 9.90. The van der Waals surface area contributed by atoms with Crippen molar-refractivity contribution in [1.29, 1.82) is 0 Å². The van der Waals surface area contributed by atoms with Crippen LogP contribution in [-0.4, -0.2) is 29.6 Å². The summed E-state index contributed by atoms with van der Waals surface area (Å²) < 4.78 is 4.19. The Morgan fingerprint density at radius 1 is 0.484 bits per heavy atom. The number of hydrogen-bond donors (Lipinski definition) is 4. The molecule has 4 N–H and O–H groups in total. The van der Waals surface area contributed by atoms with E-state index in [1.807, 2.05) is 48.5 Å². The number of halogens is 4. The fraction of sp³-hybridized carbons (Fsp3) is 0.0476. The molecule has 0 amide bonds. The number of benzene rings is 2. The summed E-state index contributed by atoms with van der Waals surface area (Å²) in [5.41, 5.74) is 3.32. The number of nitrogens with zero attached hydrogens (tertiary/aromatic N) is 2. The summed E-state index contributed by atoms with van der Waals surface area (Å²) in [6.07, 6.45) is 0.661. The molecule has 0 aliphatic heterocycles. The van der Waals surface area contributed by atoms with Gasteiger partial charge in [0, 0.05) is 0 Å². The van der Waals surface area contributed by atoms with Gasteiger partial charge < -0.3 is 20.4 Å². The molecule has 2 heterocycles. The van der Waals surface area contributed by atoms with Crippen molar-refractivity contribution in [3.05, 3.63) is 77.5 Å². The van der Waals surface area contributed by atoms with E-state index in [1.54, 1.807) is 0 Å². The minimum absolute atomic E-state index is 0.0949. The molecule has 0 unspecified atom stereocenters. The molecule has 0 aliphatic carbocycles. The second kappa shape index (κ2) is 8.57. The molecule has 10 heteroatoms. The lowest BCUT2D eigenvalue weighted by Crippen LogP contribution is -1.96. The number of hydrogen-bond acceptors (Lipinski definition) is 4. The van der Waals surface area contributed by atoms with E-state index in [4.69, 9.17) is 0 Å². The third-order valence-corrected chi connectivity index (χ3v) is 8.88. The van der Waals surface area contributed by atoms with Gasteiger partial charge in [-0.3, -0.25) is 0 Å². The first kappa shape index (κ1) is 22.3. The van der Waals surface area contributed by atoms with Gasteiger partial charge in [0.15, 0.2) is 0 Å². The van der Waals surface area contributed by atoms with Gasteiger partial charge >= 0.3 is 0 Å². The van der Waals surface area contributed by atoms with Gasteiger partial charge in [-0.05, 0) is 106 Å². The zero-order valence-electron chi connectivity index (χ0n) is 15.5. The highest BCUT2D eigenvalue weighted by atomic mass is 79.9. The lowest BCUT2D eigenvalue weighted by Gasteiger charge is -2.10. The van der Waals surface area contributed by atoms with Gasteiger partial charge in [-0.15, -0.1) is 0 Å². The smallest absolute Gasteiger partial charge is 0.214 e. The van der Waals surface area contributed by atoms with E-state index < -0.39 is 0 Å². The molecule has 0 saturated carbocycles. The quantitative estimate of drug-likeness (QED) is 0.193. The van der Waals surface area contributed by atoms with Crippen molar-refractivity contribution in [1.82, 2.24) is 9.13 Å². The van der Waals surface area contributed by atoms with Gasteiger partial charge in [-0.2, -0.15) is 0 Å². The van der Waals surface area contributed by atoms with Crippen LogP contribution in [0.5, 0.6) is 23.5 Å². The Balaban J connectivity index is 1.56. The average molecular weight is 678 g/mol. The largest absolute Gasteiger partial charge is 0.493 e. The summed E-state index contributed by atoms with van der Waals surface area (Å²) in [7, 11) is 0.